The predicted octanol–water partition coefficient (Wildman–Crippen LogP) is 1.47. The molecule has 0 bridgehead atoms. The zero-order chi connectivity index (χ0) is 24.9. The molecule has 34 heavy (non-hydrogen) atoms. The maximum absolute atomic E-state index is 12.7. The molecule has 2 fully saturated rings. The quantitative estimate of drug-likeness (QED) is 0.623. The molecule has 0 saturated carbocycles. The molecule has 188 valence electrons. The summed E-state index contributed by atoms with van der Waals surface area (Å²) in [7, 11) is 3.91. The van der Waals surface area contributed by atoms with Crippen LogP contribution in [0.25, 0.3) is 0 Å². The Morgan fingerprint density at radius 3 is 2.18 bits per heavy atom. The van der Waals surface area contributed by atoms with E-state index in [4.69, 9.17) is 4.74 Å². The molecule has 9 heteroatoms. The molecule has 0 aliphatic carbocycles. The zero-order valence-corrected chi connectivity index (χ0v) is 21.2. The highest BCUT2D eigenvalue weighted by molar-refractivity contribution is 5.88. The van der Waals surface area contributed by atoms with Crippen molar-refractivity contribution in [2.75, 3.05) is 66.5 Å². The van der Waals surface area contributed by atoms with Crippen molar-refractivity contribution < 1.29 is 19.1 Å². The lowest BCUT2D eigenvalue weighted by atomic mass is 10.1. The Labute approximate surface area is 203 Å². The summed E-state index contributed by atoms with van der Waals surface area (Å²) in [6.45, 7) is 11.8. The minimum Gasteiger partial charge on any atom is -0.444 e. The molecule has 2 aliphatic heterocycles. The molecule has 9 nitrogen and oxygen atoms in total. The van der Waals surface area contributed by atoms with Gasteiger partial charge in [0.1, 0.15) is 12.1 Å². The van der Waals surface area contributed by atoms with Gasteiger partial charge in [-0.05, 0) is 38.9 Å². The van der Waals surface area contributed by atoms with E-state index in [0.29, 0.717) is 19.6 Å². The van der Waals surface area contributed by atoms with Crippen molar-refractivity contribution in [2.24, 2.45) is 0 Å². The number of nitrogens with zero attached hydrogens (tertiary/aromatic N) is 5. The van der Waals surface area contributed by atoms with Gasteiger partial charge in [-0.15, -0.1) is 0 Å². The Hall–Kier alpha value is -2.65. The fourth-order valence-corrected chi connectivity index (χ4v) is 4.02. The van der Waals surface area contributed by atoms with Gasteiger partial charge in [-0.25, -0.2) is 4.79 Å². The number of rotatable bonds is 6. The van der Waals surface area contributed by atoms with Gasteiger partial charge in [0, 0.05) is 59.4 Å². The molecule has 3 amide bonds. The lowest BCUT2D eigenvalue weighted by Crippen LogP contribution is -2.55. The van der Waals surface area contributed by atoms with Gasteiger partial charge < -0.3 is 19.4 Å². The van der Waals surface area contributed by atoms with Gasteiger partial charge in [-0.2, -0.15) is 0 Å². The number of benzene rings is 1. The first-order valence-corrected chi connectivity index (χ1v) is 12.0. The molecule has 2 saturated heterocycles. The largest absolute Gasteiger partial charge is 0.444 e. The van der Waals surface area contributed by atoms with Crippen LogP contribution in [0.5, 0.6) is 0 Å². The number of carbonyl (C=O) groups excluding carboxylic acids is 3. The van der Waals surface area contributed by atoms with Crippen molar-refractivity contribution in [1.29, 1.82) is 0 Å². The molecule has 2 aliphatic rings. The molecular formula is C25H39N5O4. The fourth-order valence-electron chi connectivity index (χ4n) is 4.02. The van der Waals surface area contributed by atoms with E-state index in [1.54, 1.807) is 32.7 Å². The summed E-state index contributed by atoms with van der Waals surface area (Å²) in [6, 6.07) is 8.40. The third-order valence-electron chi connectivity index (χ3n) is 6.17. The predicted molar refractivity (Wildman–Crippen MR) is 130 cm³/mol. The standard InChI is InChI=1S/C25H39N5O4/c1-25(2,3)34-24(33)30-15-14-29(23(32)19-30)18-22(31)27(5)16-20-6-8-21(9-7-20)17-28-12-10-26(4)11-13-28/h6-9H,10-19H2,1-5H3. The molecule has 0 N–H and O–H groups in total. The molecule has 0 unspecified atom stereocenters. The lowest BCUT2D eigenvalue weighted by Gasteiger charge is -2.35. The minimum absolute atomic E-state index is 0.0129. The van der Waals surface area contributed by atoms with Gasteiger partial charge in [0.05, 0.1) is 6.54 Å². The Kier molecular flexibility index (Phi) is 8.54. The molecule has 2 heterocycles. The van der Waals surface area contributed by atoms with Crippen molar-refractivity contribution >= 4 is 17.9 Å². The molecule has 0 atom stereocenters. The number of carbonyl (C=O) groups is 3. The van der Waals surface area contributed by atoms with Gasteiger partial charge in [-0.3, -0.25) is 19.4 Å². The first-order chi connectivity index (χ1) is 16.0. The summed E-state index contributed by atoms with van der Waals surface area (Å²) in [5.74, 6) is -0.368. The van der Waals surface area contributed by atoms with Crippen LogP contribution in [0.1, 0.15) is 31.9 Å². The molecule has 3 rings (SSSR count). The van der Waals surface area contributed by atoms with E-state index >= 15 is 0 Å². The smallest absolute Gasteiger partial charge is 0.410 e. The van der Waals surface area contributed by atoms with Crippen LogP contribution < -0.4 is 0 Å². The van der Waals surface area contributed by atoms with E-state index in [2.05, 4.69) is 41.1 Å². The third kappa shape index (κ3) is 7.70. The van der Waals surface area contributed by atoms with E-state index in [0.717, 1.165) is 38.3 Å². The van der Waals surface area contributed by atoms with Crippen molar-refractivity contribution in [2.45, 2.75) is 39.5 Å². The van der Waals surface area contributed by atoms with Crippen molar-refractivity contribution in [3.05, 3.63) is 35.4 Å². The second-order valence-corrected chi connectivity index (χ2v) is 10.4. The average molecular weight is 474 g/mol. The van der Waals surface area contributed by atoms with Gasteiger partial charge in [0.15, 0.2) is 0 Å². The number of piperazine rings is 2. The van der Waals surface area contributed by atoms with Crippen molar-refractivity contribution in [3.63, 3.8) is 0 Å². The van der Waals surface area contributed by atoms with Gasteiger partial charge in [0.25, 0.3) is 0 Å². The summed E-state index contributed by atoms with van der Waals surface area (Å²) in [6.07, 6.45) is -0.500. The summed E-state index contributed by atoms with van der Waals surface area (Å²) in [4.78, 5) is 46.8. The van der Waals surface area contributed by atoms with Crippen molar-refractivity contribution in [1.82, 2.24) is 24.5 Å². The Balaban J connectivity index is 1.44. The van der Waals surface area contributed by atoms with E-state index in [1.807, 2.05) is 0 Å². The van der Waals surface area contributed by atoms with Gasteiger partial charge >= 0.3 is 6.09 Å². The summed E-state index contributed by atoms with van der Waals surface area (Å²) < 4.78 is 5.34. The van der Waals surface area contributed by atoms with Crippen LogP contribution in [-0.2, 0) is 27.4 Å². The molecule has 1 aromatic rings. The Morgan fingerprint density at radius 1 is 0.971 bits per heavy atom. The SMILES string of the molecule is CN1CCN(Cc2ccc(CN(C)C(=O)CN3CCN(C(=O)OC(C)(C)C)CC3=O)cc2)CC1. The maximum Gasteiger partial charge on any atom is 0.410 e. The van der Waals surface area contributed by atoms with Crippen LogP contribution in [0.3, 0.4) is 0 Å². The number of likely N-dealkylation sites (N-methyl/N-ethyl adjacent to an activating group) is 2. The van der Waals surface area contributed by atoms with E-state index < -0.39 is 11.7 Å². The first kappa shape index (κ1) is 26.0. The number of ether oxygens (including phenoxy) is 1. The number of hydrogen-bond donors (Lipinski definition) is 0. The van der Waals surface area contributed by atoms with Gasteiger partial charge in [-0.1, -0.05) is 24.3 Å². The minimum atomic E-state index is -0.612. The Morgan fingerprint density at radius 2 is 1.59 bits per heavy atom. The summed E-state index contributed by atoms with van der Waals surface area (Å²) in [5, 5.41) is 0. The average Bonchev–Trinajstić information content (AvgIpc) is 2.76. The summed E-state index contributed by atoms with van der Waals surface area (Å²) >= 11 is 0. The second kappa shape index (κ2) is 11.2. The van der Waals surface area contributed by atoms with Crippen LogP contribution in [0.15, 0.2) is 24.3 Å². The number of hydrogen-bond acceptors (Lipinski definition) is 6. The highest BCUT2D eigenvalue weighted by atomic mass is 16.6. The highest BCUT2D eigenvalue weighted by Crippen LogP contribution is 2.14. The normalized spacial score (nSPS) is 18.2. The third-order valence-corrected chi connectivity index (χ3v) is 6.17. The molecule has 1 aromatic carbocycles. The molecule has 0 spiro atoms. The van der Waals surface area contributed by atoms with Crippen LogP contribution in [0.2, 0.25) is 0 Å². The van der Waals surface area contributed by atoms with Crippen LogP contribution in [0, 0.1) is 0 Å². The zero-order valence-electron chi connectivity index (χ0n) is 21.2. The first-order valence-electron chi connectivity index (χ1n) is 12.0. The van der Waals surface area contributed by atoms with E-state index in [9.17, 15) is 14.4 Å². The molecule has 0 aromatic heterocycles. The topological polar surface area (TPSA) is 76.6 Å². The fraction of sp³-hybridized carbons (Fsp3) is 0.640. The maximum atomic E-state index is 12.7. The monoisotopic (exact) mass is 473 g/mol. The number of amides is 3. The lowest BCUT2D eigenvalue weighted by molar-refractivity contribution is -0.143. The Bertz CT molecular complexity index is 859. The van der Waals surface area contributed by atoms with Crippen molar-refractivity contribution in [3.8, 4) is 0 Å². The molecular weight excluding hydrogens is 434 g/mol. The van der Waals surface area contributed by atoms with E-state index in [-0.39, 0.29) is 24.9 Å². The second-order valence-electron chi connectivity index (χ2n) is 10.4. The highest BCUT2D eigenvalue weighted by Gasteiger charge is 2.31. The summed E-state index contributed by atoms with van der Waals surface area (Å²) in [5.41, 5.74) is 1.72. The van der Waals surface area contributed by atoms with Crippen LogP contribution in [-0.4, -0.2) is 114 Å². The molecule has 0 radical (unpaired) electrons. The van der Waals surface area contributed by atoms with Crippen LogP contribution in [0.4, 0.5) is 4.79 Å². The van der Waals surface area contributed by atoms with Crippen LogP contribution >= 0.6 is 0 Å². The van der Waals surface area contributed by atoms with Gasteiger partial charge in [0.2, 0.25) is 11.8 Å². The van der Waals surface area contributed by atoms with E-state index in [1.165, 1.54) is 15.4 Å².